The zero-order chi connectivity index (χ0) is 19.7. The van der Waals surface area contributed by atoms with E-state index in [4.69, 9.17) is 0 Å². The molecule has 6 heteroatoms. The molecule has 3 heterocycles. The highest BCUT2D eigenvalue weighted by molar-refractivity contribution is 6.06. The van der Waals surface area contributed by atoms with Gasteiger partial charge in [-0.3, -0.25) is 9.59 Å². The SMILES string of the molecule is Cc1ccc2[nH]c(=O)cc(C(=O)N3CCC[C@](O)(CN4CCCC4)CC3)c2c1. The second kappa shape index (κ2) is 7.68. The first-order chi connectivity index (χ1) is 13.4. The Morgan fingerprint density at radius 1 is 1.11 bits per heavy atom. The van der Waals surface area contributed by atoms with Crippen LogP contribution in [0.25, 0.3) is 10.9 Å². The maximum Gasteiger partial charge on any atom is 0.254 e. The first kappa shape index (κ1) is 19.2. The standard InChI is InChI=1S/C22H29N3O3/c1-16-5-6-19-17(13-16)18(14-20(26)23-19)21(27)25-11-4-7-22(28,8-12-25)15-24-9-2-3-10-24/h5-6,13-14,28H,2-4,7-12,15H2,1H3,(H,23,26)/t22-/m1/s1. The normalized spacial score (nSPS) is 23.9. The molecule has 1 aromatic carbocycles. The minimum atomic E-state index is -0.730. The molecule has 0 bridgehead atoms. The molecule has 4 rings (SSSR count). The zero-order valence-corrected chi connectivity index (χ0v) is 16.5. The molecule has 2 aromatic rings. The number of carbonyl (C=O) groups excluding carboxylic acids is 1. The summed E-state index contributed by atoms with van der Waals surface area (Å²) in [5, 5.41) is 11.9. The number of carbonyl (C=O) groups is 1. The van der Waals surface area contributed by atoms with Gasteiger partial charge in [-0.05, 0) is 64.3 Å². The number of nitrogens with one attached hydrogen (secondary N) is 1. The van der Waals surface area contributed by atoms with Crippen LogP contribution in [0.5, 0.6) is 0 Å². The van der Waals surface area contributed by atoms with Crippen molar-refractivity contribution in [2.24, 2.45) is 0 Å². The molecule has 0 aliphatic carbocycles. The van der Waals surface area contributed by atoms with E-state index in [1.54, 1.807) is 4.90 Å². The van der Waals surface area contributed by atoms with Crippen LogP contribution in [-0.2, 0) is 0 Å². The number of nitrogens with zero attached hydrogens (tertiary/aromatic N) is 2. The smallest absolute Gasteiger partial charge is 0.254 e. The number of aromatic amines is 1. The van der Waals surface area contributed by atoms with Gasteiger partial charge in [0.15, 0.2) is 0 Å². The molecule has 2 N–H and O–H groups in total. The summed E-state index contributed by atoms with van der Waals surface area (Å²) in [5.41, 5.74) is 1.19. The minimum absolute atomic E-state index is 0.118. The van der Waals surface area contributed by atoms with Crippen LogP contribution in [-0.4, -0.2) is 64.1 Å². The summed E-state index contributed by atoms with van der Waals surface area (Å²) in [5.74, 6) is -0.118. The van der Waals surface area contributed by atoms with E-state index >= 15 is 0 Å². The van der Waals surface area contributed by atoms with E-state index < -0.39 is 5.60 Å². The van der Waals surface area contributed by atoms with E-state index in [9.17, 15) is 14.7 Å². The minimum Gasteiger partial charge on any atom is -0.388 e. The van der Waals surface area contributed by atoms with Crippen molar-refractivity contribution in [2.75, 3.05) is 32.7 Å². The van der Waals surface area contributed by atoms with Gasteiger partial charge in [-0.2, -0.15) is 0 Å². The molecule has 1 aromatic heterocycles. The van der Waals surface area contributed by atoms with Crippen molar-refractivity contribution in [1.29, 1.82) is 0 Å². The summed E-state index contributed by atoms with van der Waals surface area (Å²) in [7, 11) is 0. The number of hydrogen-bond acceptors (Lipinski definition) is 4. The fourth-order valence-corrected chi connectivity index (χ4v) is 4.61. The average Bonchev–Trinajstić information content (AvgIpc) is 3.08. The van der Waals surface area contributed by atoms with Crippen LogP contribution in [0, 0.1) is 6.92 Å². The second-order valence-corrected chi connectivity index (χ2v) is 8.45. The van der Waals surface area contributed by atoms with E-state index in [0.717, 1.165) is 30.5 Å². The summed E-state index contributed by atoms with van der Waals surface area (Å²) >= 11 is 0. The highest BCUT2D eigenvalue weighted by Crippen LogP contribution is 2.27. The number of aliphatic hydroxyl groups is 1. The van der Waals surface area contributed by atoms with Crippen molar-refractivity contribution in [3.05, 3.63) is 45.7 Å². The van der Waals surface area contributed by atoms with E-state index in [0.29, 0.717) is 43.6 Å². The molecule has 0 saturated carbocycles. The third-order valence-corrected chi connectivity index (χ3v) is 6.15. The van der Waals surface area contributed by atoms with Crippen LogP contribution in [0.3, 0.4) is 0 Å². The quantitative estimate of drug-likeness (QED) is 0.853. The Hall–Kier alpha value is -2.18. The molecule has 2 fully saturated rings. The Kier molecular flexibility index (Phi) is 5.25. The molecule has 0 unspecified atom stereocenters. The highest BCUT2D eigenvalue weighted by atomic mass is 16.3. The lowest BCUT2D eigenvalue weighted by Gasteiger charge is -2.31. The van der Waals surface area contributed by atoms with Gasteiger partial charge in [-0.25, -0.2) is 0 Å². The molecule has 1 atom stereocenters. The molecule has 0 radical (unpaired) electrons. The molecular formula is C22H29N3O3. The summed E-state index contributed by atoms with van der Waals surface area (Å²) < 4.78 is 0. The van der Waals surface area contributed by atoms with Crippen molar-refractivity contribution in [1.82, 2.24) is 14.8 Å². The number of rotatable bonds is 3. The van der Waals surface area contributed by atoms with Crippen molar-refractivity contribution in [3.8, 4) is 0 Å². The van der Waals surface area contributed by atoms with Crippen LogP contribution in [0.2, 0.25) is 0 Å². The van der Waals surface area contributed by atoms with Gasteiger partial charge < -0.3 is 19.9 Å². The average molecular weight is 383 g/mol. The van der Waals surface area contributed by atoms with Crippen LogP contribution >= 0.6 is 0 Å². The Bertz CT molecular complexity index is 932. The van der Waals surface area contributed by atoms with Crippen LogP contribution in [0.4, 0.5) is 0 Å². The van der Waals surface area contributed by atoms with Crippen LogP contribution in [0.1, 0.15) is 48.0 Å². The lowest BCUT2D eigenvalue weighted by molar-refractivity contribution is -0.00290. The molecule has 2 aliphatic heterocycles. The number of β-amino-alcohol motifs (C(OH)–C–C–N with tert-alkyl or cyclic N) is 1. The number of fused-ring (bicyclic) bond motifs is 1. The van der Waals surface area contributed by atoms with Gasteiger partial charge in [-0.15, -0.1) is 0 Å². The predicted molar refractivity (Wildman–Crippen MR) is 110 cm³/mol. The van der Waals surface area contributed by atoms with Crippen molar-refractivity contribution in [3.63, 3.8) is 0 Å². The fraction of sp³-hybridized carbons (Fsp3) is 0.545. The third kappa shape index (κ3) is 3.98. The number of benzene rings is 1. The number of hydrogen-bond donors (Lipinski definition) is 2. The van der Waals surface area contributed by atoms with Gasteiger partial charge in [0.25, 0.3) is 5.91 Å². The fourth-order valence-electron chi connectivity index (χ4n) is 4.61. The topological polar surface area (TPSA) is 76.6 Å². The lowest BCUT2D eigenvalue weighted by Crippen LogP contribution is -2.43. The number of H-pyrrole nitrogens is 1. The molecule has 1 amide bonds. The molecule has 6 nitrogen and oxygen atoms in total. The van der Waals surface area contributed by atoms with Gasteiger partial charge >= 0.3 is 0 Å². The molecular weight excluding hydrogens is 354 g/mol. The van der Waals surface area contributed by atoms with Crippen molar-refractivity contribution in [2.45, 2.75) is 44.6 Å². The first-order valence-corrected chi connectivity index (χ1v) is 10.3. The lowest BCUT2D eigenvalue weighted by atomic mass is 9.94. The molecule has 0 spiro atoms. The number of likely N-dealkylation sites (tertiary alicyclic amines) is 2. The van der Waals surface area contributed by atoms with Gasteiger partial charge in [-0.1, -0.05) is 11.6 Å². The third-order valence-electron chi connectivity index (χ3n) is 6.15. The summed E-state index contributed by atoms with van der Waals surface area (Å²) in [6, 6.07) is 7.13. The molecule has 2 saturated heterocycles. The number of pyridine rings is 1. The summed E-state index contributed by atoms with van der Waals surface area (Å²) in [6.45, 7) is 5.92. The second-order valence-electron chi connectivity index (χ2n) is 8.45. The number of aromatic nitrogens is 1. The van der Waals surface area contributed by atoms with E-state index in [1.165, 1.54) is 18.9 Å². The maximum atomic E-state index is 13.3. The molecule has 2 aliphatic rings. The van der Waals surface area contributed by atoms with Gasteiger partial charge in [0.1, 0.15) is 0 Å². The Labute approximate surface area is 165 Å². The number of aryl methyl sites for hydroxylation is 1. The molecule has 150 valence electrons. The van der Waals surface area contributed by atoms with Crippen molar-refractivity contribution >= 4 is 16.8 Å². The van der Waals surface area contributed by atoms with E-state index in [1.807, 2.05) is 25.1 Å². The Morgan fingerprint density at radius 2 is 1.89 bits per heavy atom. The predicted octanol–water partition coefficient (Wildman–Crippen LogP) is 2.29. The Balaban J connectivity index is 1.55. The number of amides is 1. The van der Waals surface area contributed by atoms with Gasteiger partial charge in [0.05, 0.1) is 11.2 Å². The summed E-state index contributed by atoms with van der Waals surface area (Å²) in [4.78, 5) is 32.3. The van der Waals surface area contributed by atoms with Gasteiger partial charge in [0, 0.05) is 36.6 Å². The van der Waals surface area contributed by atoms with Crippen LogP contribution in [0.15, 0.2) is 29.1 Å². The zero-order valence-electron chi connectivity index (χ0n) is 16.5. The maximum absolute atomic E-state index is 13.3. The van der Waals surface area contributed by atoms with Gasteiger partial charge in [0.2, 0.25) is 5.56 Å². The molecule has 28 heavy (non-hydrogen) atoms. The Morgan fingerprint density at radius 3 is 2.68 bits per heavy atom. The monoisotopic (exact) mass is 383 g/mol. The van der Waals surface area contributed by atoms with E-state index in [2.05, 4.69) is 9.88 Å². The van der Waals surface area contributed by atoms with Crippen LogP contribution < -0.4 is 5.56 Å². The van der Waals surface area contributed by atoms with E-state index in [-0.39, 0.29) is 11.5 Å². The van der Waals surface area contributed by atoms with Crippen molar-refractivity contribution < 1.29 is 9.90 Å². The first-order valence-electron chi connectivity index (χ1n) is 10.3. The largest absolute Gasteiger partial charge is 0.388 e. The highest BCUT2D eigenvalue weighted by Gasteiger charge is 2.34. The summed E-state index contributed by atoms with van der Waals surface area (Å²) in [6.07, 6.45) is 4.47.